The van der Waals surface area contributed by atoms with E-state index in [0.29, 0.717) is 5.39 Å². The molecule has 0 amide bonds. The molecule has 17 heavy (non-hydrogen) atoms. The number of hydrogen-bond acceptors (Lipinski definition) is 2. The number of aromatic amines is 1. The number of fused-ring (bicyclic) bond motifs is 3. The molecule has 4 heteroatoms. The molecule has 2 heterocycles. The molecule has 0 unspecified atom stereocenters. The number of aromatic nitrogens is 2. The summed E-state index contributed by atoms with van der Waals surface area (Å²) in [4.78, 5) is 19.1. The van der Waals surface area contributed by atoms with Gasteiger partial charge in [0.05, 0.1) is 10.9 Å². The number of hydrogen-bond donors (Lipinski definition) is 1. The van der Waals surface area contributed by atoms with E-state index in [1.807, 2.05) is 31.2 Å². The van der Waals surface area contributed by atoms with Gasteiger partial charge in [-0.25, -0.2) is 0 Å². The van der Waals surface area contributed by atoms with Gasteiger partial charge < -0.3 is 4.98 Å². The van der Waals surface area contributed by atoms with Crippen molar-refractivity contribution in [3.8, 4) is 0 Å². The molecule has 0 atom stereocenters. The molecule has 0 aliphatic rings. The largest absolute Gasteiger partial charge is 0.328 e. The second-order valence-corrected chi connectivity index (χ2v) is 4.87. The number of H-pyrrole nitrogens is 1. The van der Waals surface area contributed by atoms with E-state index < -0.39 is 0 Å². The lowest BCUT2D eigenvalue weighted by atomic mass is 10.1. The summed E-state index contributed by atoms with van der Waals surface area (Å²) < 4.78 is 0.958. The van der Waals surface area contributed by atoms with E-state index in [2.05, 4.69) is 25.9 Å². The van der Waals surface area contributed by atoms with E-state index in [0.717, 1.165) is 26.5 Å². The van der Waals surface area contributed by atoms with Crippen molar-refractivity contribution in [2.24, 2.45) is 0 Å². The molecule has 0 aliphatic heterocycles. The van der Waals surface area contributed by atoms with Crippen LogP contribution in [-0.4, -0.2) is 9.97 Å². The molecule has 0 saturated carbocycles. The van der Waals surface area contributed by atoms with Crippen LogP contribution >= 0.6 is 15.9 Å². The van der Waals surface area contributed by atoms with Crippen molar-refractivity contribution in [2.45, 2.75) is 6.92 Å². The van der Waals surface area contributed by atoms with Gasteiger partial charge in [-0.15, -0.1) is 0 Å². The summed E-state index contributed by atoms with van der Waals surface area (Å²) in [6.07, 6.45) is 1.63. The third kappa shape index (κ3) is 1.56. The Morgan fingerprint density at radius 2 is 2.06 bits per heavy atom. The summed E-state index contributed by atoms with van der Waals surface area (Å²) in [5.41, 5.74) is 1.57. The van der Waals surface area contributed by atoms with E-state index in [9.17, 15) is 4.79 Å². The first-order chi connectivity index (χ1) is 8.16. The second-order valence-electron chi connectivity index (χ2n) is 3.95. The number of rotatable bonds is 0. The first-order valence-corrected chi connectivity index (χ1v) is 6.03. The van der Waals surface area contributed by atoms with Crippen LogP contribution in [0.5, 0.6) is 0 Å². The van der Waals surface area contributed by atoms with Crippen LogP contribution in [0.15, 0.2) is 39.7 Å². The van der Waals surface area contributed by atoms with Gasteiger partial charge in [0.2, 0.25) is 0 Å². The summed E-state index contributed by atoms with van der Waals surface area (Å²) in [6.45, 7) is 1.96. The molecule has 0 saturated heterocycles. The Morgan fingerprint density at radius 1 is 1.24 bits per heavy atom. The molecule has 0 bridgehead atoms. The highest BCUT2D eigenvalue weighted by atomic mass is 79.9. The van der Waals surface area contributed by atoms with Crippen molar-refractivity contribution in [1.29, 1.82) is 0 Å². The molecular formula is C13H9BrN2O. The van der Waals surface area contributed by atoms with E-state index >= 15 is 0 Å². The predicted octanol–water partition coefficient (Wildman–Crippen LogP) is 3.15. The minimum atomic E-state index is -0.0990. The second kappa shape index (κ2) is 3.67. The maximum atomic E-state index is 11.9. The molecule has 0 spiro atoms. The monoisotopic (exact) mass is 288 g/mol. The molecule has 3 nitrogen and oxygen atoms in total. The highest BCUT2D eigenvalue weighted by Crippen LogP contribution is 2.26. The highest BCUT2D eigenvalue weighted by molar-refractivity contribution is 9.10. The van der Waals surface area contributed by atoms with Crippen LogP contribution in [0.2, 0.25) is 0 Å². The first-order valence-electron chi connectivity index (χ1n) is 5.24. The van der Waals surface area contributed by atoms with Gasteiger partial charge in [0.15, 0.2) is 0 Å². The normalized spacial score (nSPS) is 11.2. The lowest BCUT2D eigenvalue weighted by molar-refractivity contribution is 1.24. The third-order valence-corrected chi connectivity index (χ3v) is 3.36. The van der Waals surface area contributed by atoms with Crippen LogP contribution in [0, 0.1) is 6.92 Å². The van der Waals surface area contributed by atoms with Crippen LogP contribution in [0.3, 0.4) is 0 Å². The number of pyridine rings is 2. The van der Waals surface area contributed by atoms with Gasteiger partial charge >= 0.3 is 0 Å². The van der Waals surface area contributed by atoms with Gasteiger partial charge in [-0.3, -0.25) is 9.78 Å². The number of nitrogens with one attached hydrogen (secondary N) is 1. The first kappa shape index (κ1) is 10.5. The molecule has 3 aromatic rings. The maximum absolute atomic E-state index is 11.9. The lowest BCUT2D eigenvalue weighted by Gasteiger charge is -2.06. The topological polar surface area (TPSA) is 45.8 Å². The number of benzene rings is 1. The lowest BCUT2D eigenvalue weighted by Crippen LogP contribution is -2.06. The van der Waals surface area contributed by atoms with E-state index in [4.69, 9.17) is 0 Å². The molecule has 1 aromatic carbocycles. The van der Waals surface area contributed by atoms with Gasteiger partial charge in [-0.1, -0.05) is 22.0 Å². The predicted molar refractivity (Wildman–Crippen MR) is 72.3 cm³/mol. The van der Waals surface area contributed by atoms with E-state index in [1.54, 1.807) is 6.20 Å². The fourth-order valence-electron chi connectivity index (χ4n) is 2.10. The van der Waals surface area contributed by atoms with Crippen molar-refractivity contribution >= 4 is 37.6 Å². The van der Waals surface area contributed by atoms with Gasteiger partial charge in [0.25, 0.3) is 5.56 Å². The van der Waals surface area contributed by atoms with Crippen LogP contribution in [0.25, 0.3) is 21.7 Å². The number of aryl methyl sites for hydroxylation is 1. The van der Waals surface area contributed by atoms with Crippen molar-refractivity contribution in [3.63, 3.8) is 0 Å². The fourth-order valence-corrected chi connectivity index (χ4v) is 2.46. The molecule has 1 N–H and O–H groups in total. The SMILES string of the molecule is Cc1nc2cc[nH]c(=O)c2c2cc(Br)ccc12. The minimum Gasteiger partial charge on any atom is -0.328 e. The Labute approximate surface area is 106 Å². The number of nitrogens with zero attached hydrogens (tertiary/aromatic N) is 1. The standard InChI is InChI=1S/C13H9BrN2O/c1-7-9-3-2-8(14)6-10(9)12-11(16-7)4-5-15-13(12)17/h2-6H,1H3,(H,15,17). The Balaban J connectivity index is 2.70. The Morgan fingerprint density at radius 3 is 2.88 bits per heavy atom. The fraction of sp³-hybridized carbons (Fsp3) is 0.0769. The average Bonchev–Trinajstić information content (AvgIpc) is 2.28. The molecular weight excluding hydrogens is 280 g/mol. The summed E-state index contributed by atoms with van der Waals surface area (Å²) in [7, 11) is 0. The molecule has 0 fully saturated rings. The van der Waals surface area contributed by atoms with E-state index in [1.165, 1.54) is 0 Å². The van der Waals surface area contributed by atoms with Crippen molar-refractivity contribution in [3.05, 3.63) is 51.0 Å². The minimum absolute atomic E-state index is 0.0990. The zero-order chi connectivity index (χ0) is 12.0. The number of halogens is 1. The summed E-state index contributed by atoms with van der Waals surface area (Å²) in [5, 5.41) is 2.59. The van der Waals surface area contributed by atoms with Gasteiger partial charge in [0, 0.05) is 21.7 Å². The zero-order valence-corrected chi connectivity index (χ0v) is 10.7. The van der Waals surface area contributed by atoms with Crippen molar-refractivity contribution < 1.29 is 0 Å². The van der Waals surface area contributed by atoms with Crippen LogP contribution in [-0.2, 0) is 0 Å². The van der Waals surface area contributed by atoms with Crippen molar-refractivity contribution in [1.82, 2.24) is 9.97 Å². The quantitative estimate of drug-likeness (QED) is 0.646. The Hall–Kier alpha value is -1.68. The molecule has 0 radical (unpaired) electrons. The van der Waals surface area contributed by atoms with Gasteiger partial charge in [-0.05, 0) is 30.5 Å². The Bertz CT molecular complexity index is 792. The molecule has 2 aromatic heterocycles. The molecule has 84 valence electrons. The van der Waals surface area contributed by atoms with Crippen LogP contribution < -0.4 is 5.56 Å². The summed E-state index contributed by atoms with van der Waals surface area (Å²) >= 11 is 3.43. The van der Waals surface area contributed by atoms with Crippen molar-refractivity contribution in [2.75, 3.05) is 0 Å². The highest BCUT2D eigenvalue weighted by Gasteiger charge is 2.08. The van der Waals surface area contributed by atoms with Crippen LogP contribution in [0.1, 0.15) is 5.69 Å². The Kier molecular flexibility index (Phi) is 2.26. The average molecular weight is 289 g/mol. The molecule has 3 rings (SSSR count). The zero-order valence-electron chi connectivity index (χ0n) is 9.12. The summed E-state index contributed by atoms with van der Waals surface area (Å²) in [5.74, 6) is 0. The summed E-state index contributed by atoms with van der Waals surface area (Å²) in [6, 6.07) is 7.72. The maximum Gasteiger partial charge on any atom is 0.258 e. The smallest absolute Gasteiger partial charge is 0.258 e. The third-order valence-electron chi connectivity index (χ3n) is 2.87. The van der Waals surface area contributed by atoms with Gasteiger partial charge in [-0.2, -0.15) is 0 Å². The van der Waals surface area contributed by atoms with E-state index in [-0.39, 0.29) is 5.56 Å². The molecule has 0 aliphatic carbocycles. The van der Waals surface area contributed by atoms with Gasteiger partial charge in [0.1, 0.15) is 0 Å². The van der Waals surface area contributed by atoms with Crippen LogP contribution in [0.4, 0.5) is 0 Å².